The first-order valence-corrected chi connectivity index (χ1v) is 6.59. The molecule has 1 atom stereocenters. The Morgan fingerprint density at radius 3 is 2.43 bits per heavy atom. The molecule has 2 rings (SSSR count). The van der Waals surface area contributed by atoms with Gasteiger partial charge in [0.25, 0.3) is 0 Å². The molecule has 2 aromatic rings. The minimum absolute atomic E-state index is 0.0565. The van der Waals surface area contributed by atoms with Crippen molar-refractivity contribution in [1.29, 1.82) is 0 Å². The number of nitrogens with one attached hydrogen (secondary N) is 1. The summed E-state index contributed by atoms with van der Waals surface area (Å²) < 4.78 is 41.2. The molecule has 21 heavy (non-hydrogen) atoms. The lowest BCUT2D eigenvalue weighted by Crippen LogP contribution is -2.31. The molecule has 0 aliphatic rings. The van der Waals surface area contributed by atoms with E-state index < -0.39 is 23.5 Å². The number of rotatable bonds is 4. The highest BCUT2D eigenvalue weighted by atomic mass is 19.2. The van der Waals surface area contributed by atoms with Crippen molar-refractivity contribution >= 4 is 0 Å². The highest BCUT2D eigenvalue weighted by Gasteiger charge is 2.20. The van der Waals surface area contributed by atoms with Gasteiger partial charge in [-0.2, -0.15) is 0 Å². The third kappa shape index (κ3) is 3.25. The monoisotopic (exact) mass is 294 g/mol. The third-order valence-corrected chi connectivity index (χ3v) is 3.49. The SMILES string of the molecule is Cc1cc(C)c(C(Cc2cccc(F)c2F)NN)c(F)c1. The summed E-state index contributed by atoms with van der Waals surface area (Å²) in [6, 6.07) is 6.51. The Kier molecular flexibility index (Phi) is 4.65. The topological polar surface area (TPSA) is 38.0 Å². The summed E-state index contributed by atoms with van der Waals surface area (Å²) in [5.41, 5.74) is 4.51. The first-order valence-electron chi connectivity index (χ1n) is 6.59. The van der Waals surface area contributed by atoms with Gasteiger partial charge in [0.2, 0.25) is 0 Å². The number of halogens is 3. The average molecular weight is 294 g/mol. The van der Waals surface area contributed by atoms with Crippen LogP contribution in [0.4, 0.5) is 13.2 Å². The van der Waals surface area contributed by atoms with E-state index in [9.17, 15) is 13.2 Å². The quantitative estimate of drug-likeness (QED) is 0.669. The van der Waals surface area contributed by atoms with Gasteiger partial charge in [-0.3, -0.25) is 11.3 Å². The summed E-state index contributed by atoms with van der Waals surface area (Å²) in [5.74, 6) is 3.22. The fourth-order valence-electron chi connectivity index (χ4n) is 2.54. The van der Waals surface area contributed by atoms with Crippen LogP contribution in [0.15, 0.2) is 30.3 Å². The predicted octanol–water partition coefficient (Wildman–Crippen LogP) is 3.47. The second-order valence-electron chi connectivity index (χ2n) is 5.11. The van der Waals surface area contributed by atoms with E-state index in [0.717, 1.165) is 11.6 Å². The van der Waals surface area contributed by atoms with Crippen LogP contribution >= 0.6 is 0 Å². The van der Waals surface area contributed by atoms with Crippen molar-refractivity contribution in [2.45, 2.75) is 26.3 Å². The van der Waals surface area contributed by atoms with E-state index in [-0.39, 0.29) is 12.0 Å². The van der Waals surface area contributed by atoms with Gasteiger partial charge in [-0.1, -0.05) is 18.2 Å². The molecule has 2 aromatic carbocycles. The summed E-state index contributed by atoms with van der Waals surface area (Å²) in [6.07, 6.45) is 0.0565. The smallest absolute Gasteiger partial charge is 0.162 e. The first-order chi connectivity index (χ1) is 9.93. The van der Waals surface area contributed by atoms with Crippen molar-refractivity contribution in [2.24, 2.45) is 5.84 Å². The highest BCUT2D eigenvalue weighted by molar-refractivity contribution is 5.35. The van der Waals surface area contributed by atoms with Gasteiger partial charge in [0, 0.05) is 5.56 Å². The minimum atomic E-state index is -0.928. The summed E-state index contributed by atoms with van der Waals surface area (Å²) in [4.78, 5) is 0. The molecule has 0 aliphatic heterocycles. The van der Waals surface area contributed by atoms with Gasteiger partial charge < -0.3 is 0 Å². The molecule has 1 unspecified atom stereocenters. The van der Waals surface area contributed by atoms with Crippen LogP contribution in [0.1, 0.15) is 28.3 Å². The van der Waals surface area contributed by atoms with E-state index in [4.69, 9.17) is 5.84 Å². The Balaban J connectivity index is 2.39. The maximum Gasteiger partial charge on any atom is 0.162 e. The molecule has 0 amide bonds. The van der Waals surface area contributed by atoms with Gasteiger partial charge in [-0.05, 0) is 49.1 Å². The van der Waals surface area contributed by atoms with Gasteiger partial charge in [-0.25, -0.2) is 13.2 Å². The Morgan fingerprint density at radius 1 is 1.10 bits per heavy atom. The van der Waals surface area contributed by atoms with E-state index in [1.807, 2.05) is 6.07 Å². The molecule has 0 saturated heterocycles. The Bertz CT molecular complexity index is 633. The van der Waals surface area contributed by atoms with Crippen molar-refractivity contribution < 1.29 is 13.2 Å². The molecule has 0 spiro atoms. The first kappa shape index (κ1) is 15.5. The molecular weight excluding hydrogens is 277 g/mol. The molecule has 0 aliphatic carbocycles. The fraction of sp³-hybridized carbons (Fsp3) is 0.250. The predicted molar refractivity (Wildman–Crippen MR) is 76.0 cm³/mol. The van der Waals surface area contributed by atoms with Crippen LogP contribution in [0.5, 0.6) is 0 Å². The van der Waals surface area contributed by atoms with Crippen molar-refractivity contribution in [3.63, 3.8) is 0 Å². The standard InChI is InChI=1S/C16H17F3N2/c1-9-6-10(2)15(13(18)7-9)14(21-20)8-11-4-3-5-12(17)16(11)19/h3-7,14,21H,8,20H2,1-2H3. The zero-order chi connectivity index (χ0) is 15.6. The lowest BCUT2D eigenvalue weighted by molar-refractivity contribution is 0.471. The van der Waals surface area contributed by atoms with Crippen molar-refractivity contribution in [2.75, 3.05) is 0 Å². The zero-order valence-corrected chi connectivity index (χ0v) is 11.9. The van der Waals surface area contributed by atoms with Gasteiger partial charge >= 0.3 is 0 Å². The number of aryl methyl sites for hydroxylation is 2. The average Bonchev–Trinajstić information content (AvgIpc) is 2.41. The van der Waals surface area contributed by atoms with Gasteiger partial charge in [-0.15, -0.1) is 0 Å². The molecule has 0 fully saturated rings. The molecule has 0 saturated carbocycles. The summed E-state index contributed by atoms with van der Waals surface area (Å²) in [6.45, 7) is 3.55. The molecule has 2 nitrogen and oxygen atoms in total. The summed E-state index contributed by atoms with van der Waals surface area (Å²) >= 11 is 0. The number of hydrogen-bond donors (Lipinski definition) is 2. The van der Waals surface area contributed by atoms with Crippen LogP contribution in [0.25, 0.3) is 0 Å². The van der Waals surface area contributed by atoms with Crippen LogP contribution < -0.4 is 11.3 Å². The van der Waals surface area contributed by atoms with Crippen LogP contribution in [0.3, 0.4) is 0 Å². The van der Waals surface area contributed by atoms with Gasteiger partial charge in [0.15, 0.2) is 11.6 Å². The number of benzene rings is 2. The number of hydrazine groups is 1. The summed E-state index contributed by atoms with van der Waals surface area (Å²) in [7, 11) is 0. The maximum atomic E-state index is 14.2. The molecular formula is C16H17F3N2. The van der Waals surface area contributed by atoms with E-state index in [0.29, 0.717) is 11.1 Å². The lowest BCUT2D eigenvalue weighted by atomic mass is 9.94. The van der Waals surface area contributed by atoms with Crippen molar-refractivity contribution in [3.8, 4) is 0 Å². The van der Waals surface area contributed by atoms with Crippen molar-refractivity contribution in [3.05, 3.63) is 70.0 Å². The molecule has 112 valence electrons. The van der Waals surface area contributed by atoms with Gasteiger partial charge in [0.05, 0.1) is 6.04 Å². The van der Waals surface area contributed by atoms with Crippen LogP contribution in [0, 0.1) is 31.3 Å². The van der Waals surface area contributed by atoms with Crippen LogP contribution in [-0.4, -0.2) is 0 Å². The van der Waals surface area contributed by atoms with E-state index >= 15 is 0 Å². The second-order valence-corrected chi connectivity index (χ2v) is 5.11. The Labute approximate surface area is 121 Å². The van der Waals surface area contributed by atoms with Gasteiger partial charge in [0.1, 0.15) is 5.82 Å². The van der Waals surface area contributed by atoms with Crippen LogP contribution in [-0.2, 0) is 6.42 Å². The lowest BCUT2D eigenvalue weighted by Gasteiger charge is -2.20. The molecule has 0 bridgehead atoms. The Hall–Kier alpha value is -1.85. The largest absolute Gasteiger partial charge is 0.271 e. The number of nitrogens with two attached hydrogens (primary N) is 1. The molecule has 5 heteroatoms. The van der Waals surface area contributed by atoms with E-state index in [1.54, 1.807) is 13.8 Å². The number of hydrogen-bond acceptors (Lipinski definition) is 2. The fourth-order valence-corrected chi connectivity index (χ4v) is 2.54. The maximum absolute atomic E-state index is 14.2. The second kappa shape index (κ2) is 6.28. The molecule has 0 heterocycles. The highest BCUT2D eigenvalue weighted by Crippen LogP contribution is 2.26. The van der Waals surface area contributed by atoms with Crippen molar-refractivity contribution in [1.82, 2.24) is 5.43 Å². The third-order valence-electron chi connectivity index (χ3n) is 3.49. The van der Waals surface area contributed by atoms with E-state index in [2.05, 4.69) is 5.43 Å². The van der Waals surface area contributed by atoms with Crippen LogP contribution in [0.2, 0.25) is 0 Å². The summed E-state index contributed by atoms with van der Waals surface area (Å²) in [5, 5.41) is 0. The molecule has 0 radical (unpaired) electrons. The molecule has 3 N–H and O–H groups in total. The minimum Gasteiger partial charge on any atom is -0.271 e. The Morgan fingerprint density at radius 2 is 1.81 bits per heavy atom. The molecule has 0 aromatic heterocycles. The normalized spacial score (nSPS) is 12.5. The van der Waals surface area contributed by atoms with E-state index in [1.165, 1.54) is 18.2 Å². The zero-order valence-electron chi connectivity index (χ0n) is 11.9.